The van der Waals surface area contributed by atoms with Crippen molar-refractivity contribution in [1.29, 1.82) is 0 Å². The molecule has 0 saturated heterocycles. The minimum atomic E-state index is -0.923. The van der Waals surface area contributed by atoms with Crippen molar-refractivity contribution in [3.05, 3.63) is 24.3 Å². The smallest absolute Gasteiger partial charge is 0.328 e. The molecule has 0 bridgehead atoms. The lowest BCUT2D eigenvalue weighted by Gasteiger charge is -1.94. The summed E-state index contributed by atoms with van der Waals surface area (Å²) in [4.78, 5) is 20.1. The van der Waals surface area contributed by atoms with Gasteiger partial charge in [0, 0.05) is 12.5 Å². The molecule has 0 spiro atoms. The zero-order valence-electron chi connectivity index (χ0n) is 8.89. The third-order valence-corrected chi connectivity index (χ3v) is 1.93. The van der Waals surface area contributed by atoms with Crippen molar-refractivity contribution in [3.8, 4) is 0 Å². The van der Waals surface area contributed by atoms with E-state index in [9.17, 15) is 9.59 Å². The molecule has 0 aromatic carbocycles. The van der Waals surface area contributed by atoms with Crippen LogP contribution in [0.25, 0.3) is 0 Å². The maximum atomic E-state index is 10.1. The van der Waals surface area contributed by atoms with E-state index in [1.807, 2.05) is 6.08 Å². The number of unbranched alkanes of at least 4 members (excludes halogenated alkanes) is 5. The molecule has 84 valence electrons. The largest absolute Gasteiger partial charge is 0.478 e. The van der Waals surface area contributed by atoms with Gasteiger partial charge in [-0.3, -0.25) is 0 Å². The monoisotopic (exact) mass is 210 g/mol. The van der Waals surface area contributed by atoms with E-state index < -0.39 is 5.97 Å². The number of aldehydes is 1. The van der Waals surface area contributed by atoms with Crippen molar-refractivity contribution in [2.45, 2.75) is 38.5 Å². The van der Waals surface area contributed by atoms with Crippen LogP contribution in [0.15, 0.2) is 24.3 Å². The minimum Gasteiger partial charge on any atom is -0.478 e. The predicted octanol–water partition coefficient (Wildman–Crippen LogP) is 2.72. The van der Waals surface area contributed by atoms with Crippen LogP contribution in [0.1, 0.15) is 38.5 Å². The first-order valence-corrected chi connectivity index (χ1v) is 5.27. The van der Waals surface area contributed by atoms with Gasteiger partial charge >= 0.3 is 5.97 Å². The molecule has 15 heavy (non-hydrogen) atoms. The van der Waals surface area contributed by atoms with Crippen molar-refractivity contribution < 1.29 is 14.7 Å². The number of carbonyl (C=O) groups is 2. The van der Waals surface area contributed by atoms with Crippen LogP contribution in [-0.4, -0.2) is 17.4 Å². The quantitative estimate of drug-likeness (QED) is 0.275. The van der Waals surface area contributed by atoms with Crippen molar-refractivity contribution in [2.24, 2.45) is 0 Å². The molecule has 1 N–H and O–H groups in total. The number of allylic oxidation sites excluding steroid dienone is 3. The normalized spacial score (nSPS) is 11.2. The molecule has 0 radical (unpaired) electrons. The van der Waals surface area contributed by atoms with E-state index in [2.05, 4.69) is 0 Å². The minimum absolute atomic E-state index is 0.664. The van der Waals surface area contributed by atoms with Gasteiger partial charge < -0.3 is 9.90 Å². The maximum Gasteiger partial charge on any atom is 0.328 e. The molecule has 0 amide bonds. The molecule has 0 atom stereocenters. The van der Waals surface area contributed by atoms with Crippen LogP contribution in [0.2, 0.25) is 0 Å². The summed E-state index contributed by atoms with van der Waals surface area (Å²) in [6.07, 6.45) is 13.2. The first kappa shape index (κ1) is 13.6. The van der Waals surface area contributed by atoms with Gasteiger partial charge in [0.25, 0.3) is 0 Å². The van der Waals surface area contributed by atoms with Gasteiger partial charge in [-0.25, -0.2) is 4.79 Å². The van der Waals surface area contributed by atoms with E-state index >= 15 is 0 Å². The summed E-state index contributed by atoms with van der Waals surface area (Å²) in [7, 11) is 0. The fraction of sp³-hybridized carbons (Fsp3) is 0.500. The number of carboxylic acid groups (broad SMARTS) is 1. The van der Waals surface area contributed by atoms with Crippen LogP contribution in [0.3, 0.4) is 0 Å². The Balaban J connectivity index is 3.23. The molecule has 0 rings (SSSR count). The van der Waals surface area contributed by atoms with Crippen LogP contribution in [-0.2, 0) is 9.59 Å². The molecule has 0 aromatic rings. The lowest BCUT2D eigenvalue weighted by Crippen LogP contribution is -1.84. The van der Waals surface area contributed by atoms with Gasteiger partial charge in [0.1, 0.15) is 6.29 Å². The molecular formula is C12H18O3. The van der Waals surface area contributed by atoms with Crippen LogP contribution in [0, 0.1) is 0 Å². The highest BCUT2D eigenvalue weighted by Crippen LogP contribution is 2.04. The number of carboxylic acids is 1. The summed E-state index contributed by atoms with van der Waals surface area (Å²) in [5.74, 6) is -0.923. The molecule has 0 aromatic heterocycles. The summed E-state index contributed by atoms with van der Waals surface area (Å²) in [5, 5.41) is 8.29. The molecule has 0 heterocycles. The van der Waals surface area contributed by atoms with Gasteiger partial charge in [-0.05, 0) is 19.3 Å². The van der Waals surface area contributed by atoms with Crippen LogP contribution >= 0.6 is 0 Å². The fourth-order valence-electron chi connectivity index (χ4n) is 1.16. The molecule has 0 unspecified atom stereocenters. The van der Waals surface area contributed by atoms with Crippen molar-refractivity contribution in [3.63, 3.8) is 0 Å². The summed E-state index contributed by atoms with van der Waals surface area (Å²) >= 11 is 0. The van der Waals surface area contributed by atoms with Gasteiger partial charge in [0.05, 0.1) is 0 Å². The first-order chi connectivity index (χ1) is 7.27. The molecule has 0 aliphatic rings. The molecule has 0 aliphatic heterocycles. The summed E-state index contributed by atoms with van der Waals surface area (Å²) in [6.45, 7) is 0. The average Bonchev–Trinajstić information content (AvgIpc) is 2.20. The third-order valence-electron chi connectivity index (χ3n) is 1.93. The summed E-state index contributed by atoms with van der Waals surface area (Å²) < 4.78 is 0. The number of rotatable bonds is 9. The number of hydrogen-bond donors (Lipinski definition) is 1. The van der Waals surface area contributed by atoms with Gasteiger partial charge in [-0.2, -0.15) is 0 Å². The molecule has 3 heteroatoms. The van der Waals surface area contributed by atoms with Crippen LogP contribution in [0.4, 0.5) is 0 Å². The number of aliphatic carboxylic acids is 1. The molecule has 3 nitrogen and oxygen atoms in total. The Morgan fingerprint density at radius 3 is 2.27 bits per heavy atom. The van der Waals surface area contributed by atoms with E-state index in [1.54, 1.807) is 6.08 Å². The van der Waals surface area contributed by atoms with Gasteiger partial charge in [-0.1, -0.05) is 31.1 Å². The average molecular weight is 210 g/mol. The highest BCUT2D eigenvalue weighted by atomic mass is 16.4. The van der Waals surface area contributed by atoms with Crippen LogP contribution < -0.4 is 0 Å². The highest BCUT2D eigenvalue weighted by molar-refractivity contribution is 5.80. The SMILES string of the molecule is O=CCCCCCC/C=C/C=C/C(=O)O. The van der Waals surface area contributed by atoms with E-state index in [4.69, 9.17) is 5.11 Å². The van der Waals surface area contributed by atoms with E-state index in [-0.39, 0.29) is 0 Å². The second-order valence-electron chi connectivity index (χ2n) is 3.28. The van der Waals surface area contributed by atoms with Crippen molar-refractivity contribution >= 4 is 12.3 Å². The predicted molar refractivity (Wildman–Crippen MR) is 59.7 cm³/mol. The second-order valence-corrected chi connectivity index (χ2v) is 3.28. The van der Waals surface area contributed by atoms with Crippen LogP contribution in [0.5, 0.6) is 0 Å². The number of hydrogen-bond acceptors (Lipinski definition) is 2. The Hall–Kier alpha value is -1.38. The van der Waals surface area contributed by atoms with E-state index in [0.717, 1.165) is 44.5 Å². The van der Waals surface area contributed by atoms with E-state index in [0.29, 0.717) is 6.42 Å². The standard InChI is InChI=1S/C12H18O3/c13-11-9-7-5-3-1-2-4-6-8-10-12(14)15/h4,6,8,10-11H,1-3,5,7,9H2,(H,14,15)/b6-4+,10-8+. The first-order valence-electron chi connectivity index (χ1n) is 5.27. The lowest BCUT2D eigenvalue weighted by atomic mass is 10.1. The Bertz CT molecular complexity index is 229. The van der Waals surface area contributed by atoms with Gasteiger partial charge in [0.15, 0.2) is 0 Å². The van der Waals surface area contributed by atoms with Crippen molar-refractivity contribution in [1.82, 2.24) is 0 Å². The highest BCUT2D eigenvalue weighted by Gasteiger charge is 1.87. The zero-order chi connectivity index (χ0) is 11.4. The van der Waals surface area contributed by atoms with Gasteiger partial charge in [0.2, 0.25) is 0 Å². The second kappa shape index (κ2) is 10.7. The molecule has 0 saturated carbocycles. The number of carbonyl (C=O) groups excluding carboxylic acids is 1. The van der Waals surface area contributed by atoms with Gasteiger partial charge in [-0.15, -0.1) is 0 Å². The summed E-state index contributed by atoms with van der Waals surface area (Å²) in [5.41, 5.74) is 0. The summed E-state index contributed by atoms with van der Waals surface area (Å²) in [6, 6.07) is 0. The Morgan fingerprint density at radius 1 is 1.00 bits per heavy atom. The Labute approximate surface area is 90.5 Å². The third kappa shape index (κ3) is 12.6. The van der Waals surface area contributed by atoms with E-state index in [1.165, 1.54) is 6.08 Å². The maximum absolute atomic E-state index is 10.1. The molecular weight excluding hydrogens is 192 g/mol. The zero-order valence-corrected chi connectivity index (χ0v) is 8.89. The Kier molecular flexibility index (Phi) is 9.71. The lowest BCUT2D eigenvalue weighted by molar-refractivity contribution is -0.131. The molecule has 0 aliphatic carbocycles. The fourth-order valence-corrected chi connectivity index (χ4v) is 1.16. The molecule has 0 fully saturated rings. The topological polar surface area (TPSA) is 54.4 Å². The Morgan fingerprint density at radius 2 is 1.67 bits per heavy atom. The van der Waals surface area contributed by atoms with Crippen molar-refractivity contribution in [2.75, 3.05) is 0 Å².